The highest BCUT2D eigenvalue weighted by atomic mass is 35.5. The monoisotopic (exact) mass is 283 g/mol. The topological polar surface area (TPSA) is 45.7 Å². The number of aliphatic imine (C=N–C) groups is 1. The van der Waals surface area contributed by atoms with Crippen molar-refractivity contribution in [3.63, 3.8) is 0 Å². The Balaban J connectivity index is 2.59. The van der Waals surface area contributed by atoms with E-state index in [1.54, 1.807) is 7.11 Å². The van der Waals surface area contributed by atoms with Crippen molar-refractivity contribution in [1.82, 2.24) is 10.6 Å². The first-order valence-corrected chi connectivity index (χ1v) is 6.81. The second kappa shape index (κ2) is 8.77. The van der Waals surface area contributed by atoms with Gasteiger partial charge in [-0.15, -0.1) is 0 Å². The highest BCUT2D eigenvalue weighted by Gasteiger charge is 2.04. The molecule has 1 atom stereocenters. The number of halogens is 1. The minimum Gasteiger partial charge on any atom is -0.383 e. The molecule has 0 aliphatic heterocycles. The third-order valence-electron chi connectivity index (χ3n) is 2.48. The fourth-order valence-electron chi connectivity index (χ4n) is 1.61. The number of hydrogen-bond donors (Lipinski definition) is 2. The molecule has 19 heavy (non-hydrogen) atoms. The molecule has 0 radical (unpaired) electrons. The molecular weight excluding hydrogens is 262 g/mol. The second-order valence-electron chi connectivity index (χ2n) is 4.32. The van der Waals surface area contributed by atoms with Gasteiger partial charge in [0, 0.05) is 24.7 Å². The van der Waals surface area contributed by atoms with E-state index in [1.165, 1.54) is 0 Å². The lowest BCUT2D eigenvalue weighted by atomic mass is 10.2. The molecule has 0 saturated carbocycles. The van der Waals surface area contributed by atoms with Gasteiger partial charge in [-0.2, -0.15) is 0 Å². The molecule has 0 amide bonds. The van der Waals surface area contributed by atoms with Crippen LogP contribution < -0.4 is 10.6 Å². The highest BCUT2D eigenvalue weighted by molar-refractivity contribution is 6.30. The number of hydrogen-bond acceptors (Lipinski definition) is 2. The molecule has 1 aromatic carbocycles. The van der Waals surface area contributed by atoms with E-state index >= 15 is 0 Å². The van der Waals surface area contributed by atoms with Crippen LogP contribution >= 0.6 is 11.6 Å². The molecule has 2 N–H and O–H groups in total. The molecule has 0 aliphatic carbocycles. The number of guanidine groups is 1. The lowest BCUT2D eigenvalue weighted by Crippen LogP contribution is -2.43. The van der Waals surface area contributed by atoms with E-state index in [9.17, 15) is 0 Å². The predicted octanol–water partition coefficient (Wildman–Crippen LogP) is 2.43. The zero-order valence-electron chi connectivity index (χ0n) is 11.7. The van der Waals surface area contributed by atoms with Gasteiger partial charge in [-0.25, -0.2) is 4.99 Å². The molecule has 0 bridgehead atoms. The van der Waals surface area contributed by atoms with Gasteiger partial charge in [0.25, 0.3) is 0 Å². The lowest BCUT2D eigenvalue weighted by Gasteiger charge is -2.16. The Morgan fingerprint density at radius 1 is 1.37 bits per heavy atom. The average molecular weight is 284 g/mol. The fraction of sp³-hybridized carbons (Fsp3) is 0.500. The Morgan fingerprint density at radius 3 is 2.63 bits per heavy atom. The zero-order valence-corrected chi connectivity index (χ0v) is 12.5. The molecule has 0 fully saturated rings. The van der Waals surface area contributed by atoms with Crippen molar-refractivity contribution in [2.24, 2.45) is 4.99 Å². The van der Waals surface area contributed by atoms with Gasteiger partial charge in [0.15, 0.2) is 5.96 Å². The van der Waals surface area contributed by atoms with Crippen molar-refractivity contribution in [1.29, 1.82) is 0 Å². The van der Waals surface area contributed by atoms with Gasteiger partial charge in [-0.3, -0.25) is 0 Å². The molecule has 0 saturated heterocycles. The molecule has 1 unspecified atom stereocenters. The van der Waals surface area contributed by atoms with Crippen molar-refractivity contribution in [3.8, 4) is 0 Å². The quantitative estimate of drug-likeness (QED) is 0.623. The van der Waals surface area contributed by atoms with Crippen molar-refractivity contribution in [2.45, 2.75) is 26.4 Å². The Bertz CT molecular complexity index is 392. The van der Waals surface area contributed by atoms with Crippen LogP contribution in [0.2, 0.25) is 5.02 Å². The maximum absolute atomic E-state index is 5.85. The molecule has 5 heteroatoms. The van der Waals surface area contributed by atoms with Gasteiger partial charge in [-0.05, 0) is 31.5 Å². The van der Waals surface area contributed by atoms with E-state index in [2.05, 4.69) is 22.5 Å². The van der Waals surface area contributed by atoms with Crippen LogP contribution in [0.1, 0.15) is 19.4 Å². The first-order chi connectivity index (χ1) is 9.15. The third-order valence-corrected chi connectivity index (χ3v) is 2.73. The molecule has 0 heterocycles. The summed E-state index contributed by atoms with van der Waals surface area (Å²) >= 11 is 5.85. The maximum atomic E-state index is 5.85. The van der Waals surface area contributed by atoms with Crippen molar-refractivity contribution < 1.29 is 4.74 Å². The van der Waals surface area contributed by atoms with Gasteiger partial charge < -0.3 is 15.4 Å². The van der Waals surface area contributed by atoms with Gasteiger partial charge in [0.05, 0.1) is 13.2 Å². The third kappa shape index (κ3) is 6.45. The van der Waals surface area contributed by atoms with Crippen LogP contribution in [0, 0.1) is 0 Å². The number of nitrogens with one attached hydrogen (secondary N) is 2. The minimum atomic E-state index is 0.216. The first-order valence-electron chi connectivity index (χ1n) is 6.44. The van der Waals surface area contributed by atoms with E-state index in [4.69, 9.17) is 16.3 Å². The summed E-state index contributed by atoms with van der Waals surface area (Å²) in [4.78, 5) is 4.53. The summed E-state index contributed by atoms with van der Waals surface area (Å²) in [5.41, 5.74) is 1.13. The summed E-state index contributed by atoms with van der Waals surface area (Å²) in [6, 6.07) is 7.93. The van der Waals surface area contributed by atoms with Gasteiger partial charge in [0.1, 0.15) is 0 Å². The van der Waals surface area contributed by atoms with Crippen molar-refractivity contribution in [2.75, 3.05) is 20.3 Å². The first kappa shape index (κ1) is 15.8. The molecule has 1 rings (SSSR count). The van der Waals surface area contributed by atoms with Crippen LogP contribution in [-0.4, -0.2) is 32.3 Å². The molecule has 1 aromatic rings. The molecule has 0 spiro atoms. The Hall–Kier alpha value is -1.26. The van der Waals surface area contributed by atoms with Crippen LogP contribution in [0.3, 0.4) is 0 Å². The average Bonchev–Trinajstić information content (AvgIpc) is 2.38. The Labute approximate surface area is 120 Å². The molecule has 4 nitrogen and oxygen atoms in total. The molecule has 0 aromatic heterocycles. The second-order valence-corrected chi connectivity index (χ2v) is 4.76. The van der Waals surface area contributed by atoms with E-state index in [0.717, 1.165) is 23.1 Å². The van der Waals surface area contributed by atoms with Crippen molar-refractivity contribution in [3.05, 3.63) is 34.9 Å². The van der Waals surface area contributed by atoms with E-state index in [0.29, 0.717) is 13.2 Å². The van der Waals surface area contributed by atoms with Gasteiger partial charge in [-0.1, -0.05) is 23.7 Å². The number of nitrogens with zero attached hydrogens (tertiary/aromatic N) is 1. The number of methoxy groups -OCH3 is 1. The van der Waals surface area contributed by atoms with E-state index in [-0.39, 0.29) is 6.04 Å². The fourth-order valence-corrected chi connectivity index (χ4v) is 1.73. The number of rotatable bonds is 6. The Kier molecular flexibility index (Phi) is 7.30. The van der Waals surface area contributed by atoms with Crippen molar-refractivity contribution >= 4 is 17.6 Å². The number of benzene rings is 1. The normalized spacial score (nSPS) is 13.2. The summed E-state index contributed by atoms with van der Waals surface area (Å²) < 4.78 is 5.10. The van der Waals surface area contributed by atoms with E-state index < -0.39 is 0 Å². The standard InChI is InChI=1S/C14H22ClN3O/c1-4-16-14(18-11(2)10-19-3)17-9-12-5-7-13(15)8-6-12/h5-8,11H,4,9-10H2,1-3H3,(H2,16,17,18). The number of ether oxygens (including phenoxy) is 1. The molecule has 0 aliphatic rings. The van der Waals surface area contributed by atoms with Gasteiger partial charge in [0.2, 0.25) is 0 Å². The maximum Gasteiger partial charge on any atom is 0.191 e. The summed E-state index contributed by atoms with van der Waals surface area (Å²) in [5.74, 6) is 0.794. The van der Waals surface area contributed by atoms with Crippen LogP contribution in [0.5, 0.6) is 0 Å². The summed E-state index contributed by atoms with van der Waals surface area (Å²) in [7, 11) is 1.69. The predicted molar refractivity (Wildman–Crippen MR) is 80.7 cm³/mol. The van der Waals surface area contributed by atoms with Crippen LogP contribution in [-0.2, 0) is 11.3 Å². The largest absolute Gasteiger partial charge is 0.383 e. The van der Waals surface area contributed by atoms with Crippen LogP contribution in [0.4, 0.5) is 0 Å². The molecule has 106 valence electrons. The smallest absolute Gasteiger partial charge is 0.191 e. The minimum absolute atomic E-state index is 0.216. The molecular formula is C14H22ClN3O. The summed E-state index contributed by atoms with van der Waals surface area (Å²) in [5, 5.41) is 7.24. The lowest BCUT2D eigenvalue weighted by molar-refractivity contribution is 0.179. The van der Waals surface area contributed by atoms with E-state index in [1.807, 2.05) is 31.2 Å². The highest BCUT2D eigenvalue weighted by Crippen LogP contribution is 2.10. The summed E-state index contributed by atoms with van der Waals surface area (Å²) in [6.45, 7) is 6.18. The zero-order chi connectivity index (χ0) is 14.1. The van der Waals surface area contributed by atoms with Gasteiger partial charge >= 0.3 is 0 Å². The SMILES string of the molecule is CCNC(=NCc1ccc(Cl)cc1)NC(C)COC. The summed E-state index contributed by atoms with van der Waals surface area (Å²) in [6.07, 6.45) is 0. The Morgan fingerprint density at radius 2 is 2.05 bits per heavy atom. The van der Waals surface area contributed by atoms with Crippen LogP contribution in [0.15, 0.2) is 29.3 Å². The van der Waals surface area contributed by atoms with Crippen LogP contribution in [0.25, 0.3) is 0 Å².